The predicted molar refractivity (Wildman–Crippen MR) is 81.6 cm³/mol. The van der Waals surface area contributed by atoms with Crippen LogP contribution in [0, 0.1) is 6.92 Å². The molecule has 0 bridgehead atoms. The van der Waals surface area contributed by atoms with Crippen LogP contribution in [0.25, 0.3) is 0 Å². The number of aryl methyl sites for hydroxylation is 1. The molecule has 1 saturated heterocycles. The number of nitrogens with two attached hydrogens (primary N) is 1. The van der Waals surface area contributed by atoms with Gasteiger partial charge in [-0.05, 0) is 44.5 Å². The number of hydrazine groups is 1. The van der Waals surface area contributed by atoms with E-state index >= 15 is 0 Å². The molecule has 0 atom stereocenters. The first-order valence-corrected chi connectivity index (χ1v) is 7.13. The molecule has 0 unspecified atom stereocenters. The van der Waals surface area contributed by atoms with Gasteiger partial charge in [0.05, 0.1) is 5.69 Å². The fraction of sp³-hybridized carbons (Fsp3) is 0.533. The van der Waals surface area contributed by atoms with Crippen LogP contribution in [-0.2, 0) is 0 Å². The van der Waals surface area contributed by atoms with E-state index in [1.807, 2.05) is 30.0 Å². The third-order valence-corrected chi connectivity index (χ3v) is 3.96. The molecule has 1 amide bonds. The van der Waals surface area contributed by atoms with Crippen LogP contribution in [0.4, 0.5) is 5.69 Å². The Morgan fingerprint density at radius 1 is 1.25 bits per heavy atom. The average molecular weight is 276 g/mol. The van der Waals surface area contributed by atoms with E-state index in [2.05, 4.69) is 24.2 Å². The van der Waals surface area contributed by atoms with Gasteiger partial charge in [-0.15, -0.1) is 0 Å². The molecule has 3 N–H and O–H groups in total. The predicted octanol–water partition coefficient (Wildman–Crippen LogP) is 1.45. The van der Waals surface area contributed by atoms with E-state index in [-0.39, 0.29) is 5.91 Å². The second kappa shape index (κ2) is 6.24. The SMILES string of the molecule is Cc1cc(C(=O)N2CCN(C(C)C)CC2)ccc1NN. The summed E-state index contributed by atoms with van der Waals surface area (Å²) in [5.41, 5.74) is 5.20. The van der Waals surface area contributed by atoms with E-state index in [4.69, 9.17) is 5.84 Å². The summed E-state index contributed by atoms with van der Waals surface area (Å²) < 4.78 is 0. The lowest BCUT2D eigenvalue weighted by atomic mass is 10.1. The van der Waals surface area contributed by atoms with Crippen molar-refractivity contribution in [1.82, 2.24) is 9.80 Å². The topological polar surface area (TPSA) is 61.6 Å². The molecule has 2 rings (SSSR count). The summed E-state index contributed by atoms with van der Waals surface area (Å²) in [5.74, 6) is 5.52. The number of anilines is 1. The first-order valence-electron chi connectivity index (χ1n) is 7.13. The lowest BCUT2D eigenvalue weighted by Gasteiger charge is -2.37. The molecule has 20 heavy (non-hydrogen) atoms. The van der Waals surface area contributed by atoms with Gasteiger partial charge in [-0.2, -0.15) is 0 Å². The van der Waals surface area contributed by atoms with Crippen LogP contribution in [0.1, 0.15) is 29.8 Å². The number of nitrogens with one attached hydrogen (secondary N) is 1. The maximum Gasteiger partial charge on any atom is 0.253 e. The lowest BCUT2D eigenvalue weighted by Crippen LogP contribution is -2.50. The molecule has 1 aliphatic rings. The molecule has 0 aromatic heterocycles. The second-order valence-electron chi connectivity index (χ2n) is 5.60. The van der Waals surface area contributed by atoms with Gasteiger partial charge in [0.25, 0.3) is 5.91 Å². The van der Waals surface area contributed by atoms with Crippen LogP contribution in [0.5, 0.6) is 0 Å². The minimum Gasteiger partial charge on any atom is -0.336 e. The van der Waals surface area contributed by atoms with Crippen molar-refractivity contribution in [3.8, 4) is 0 Å². The van der Waals surface area contributed by atoms with Crippen molar-refractivity contribution in [2.24, 2.45) is 5.84 Å². The van der Waals surface area contributed by atoms with Crippen LogP contribution in [0.2, 0.25) is 0 Å². The molecule has 0 radical (unpaired) electrons. The highest BCUT2D eigenvalue weighted by Crippen LogP contribution is 2.17. The van der Waals surface area contributed by atoms with Crippen molar-refractivity contribution < 1.29 is 4.79 Å². The Balaban J connectivity index is 2.04. The molecule has 1 heterocycles. The molecule has 1 aliphatic heterocycles. The smallest absolute Gasteiger partial charge is 0.253 e. The second-order valence-corrected chi connectivity index (χ2v) is 5.60. The minimum atomic E-state index is 0.111. The highest BCUT2D eigenvalue weighted by Gasteiger charge is 2.23. The number of hydrogen-bond acceptors (Lipinski definition) is 4. The number of hydrogen-bond donors (Lipinski definition) is 2. The Hall–Kier alpha value is -1.59. The maximum atomic E-state index is 12.5. The van der Waals surface area contributed by atoms with Crippen molar-refractivity contribution in [3.63, 3.8) is 0 Å². The van der Waals surface area contributed by atoms with Gasteiger partial charge in [-0.25, -0.2) is 0 Å². The van der Waals surface area contributed by atoms with Crippen LogP contribution < -0.4 is 11.3 Å². The average Bonchev–Trinajstić information content (AvgIpc) is 2.46. The van der Waals surface area contributed by atoms with E-state index in [0.29, 0.717) is 6.04 Å². The monoisotopic (exact) mass is 276 g/mol. The van der Waals surface area contributed by atoms with Crippen LogP contribution in [0.15, 0.2) is 18.2 Å². The molecule has 5 nitrogen and oxygen atoms in total. The largest absolute Gasteiger partial charge is 0.336 e. The Morgan fingerprint density at radius 2 is 1.90 bits per heavy atom. The van der Waals surface area contributed by atoms with Crippen LogP contribution in [-0.4, -0.2) is 47.9 Å². The first-order chi connectivity index (χ1) is 9.52. The van der Waals surface area contributed by atoms with E-state index in [0.717, 1.165) is 43.0 Å². The number of nitrogen functional groups attached to an aromatic ring is 1. The van der Waals surface area contributed by atoms with Gasteiger partial charge >= 0.3 is 0 Å². The summed E-state index contributed by atoms with van der Waals surface area (Å²) in [6.07, 6.45) is 0. The summed E-state index contributed by atoms with van der Waals surface area (Å²) in [5, 5.41) is 0. The number of nitrogens with zero attached hydrogens (tertiary/aromatic N) is 2. The van der Waals surface area contributed by atoms with Gasteiger partial charge in [0, 0.05) is 37.8 Å². The Labute approximate surface area is 120 Å². The van der Waals surface area contributed by atoms with Crippen molar-refractivity contribution in [3.05, 3.63) is 29.3 Å². The zero-order valence-electron chi connectivity index (χ0n) is 12.5. The zero-order chi connectivity index (χ0) is 14.7. The molecular weight excluding hydrogens is 252 g/mol. The van der Waals surface area contributed by atoms with Gasteiger partial charge in [0.1, 0.15) is 0 Å². The molecule has 1 aromatic carbocycles. The number of piperazine rings is 1. The fourth-order valence-electron chi connectivity index (χ4n) is 2.58. The summed E-state index contributed by atoms with van der Waals surface area (Å²) in [6.45, 7) is 9.83. The van der Waals surface area contributed by atoms with Gasteiger partial charge < -0.3 is 10.3 Å². The standard InChI is InChI=1S/C15H24N4O/c1-11(2)18-6-8-19(9-7-18)15(20)13-4-5-14(17-16)12(3)10-13/h4-5,10-11,17H,6-9,16H2,1-3H3. The van der Waals surface area contributed by atoms with Gasteiger partial charge in [-0.1, -0.05) is 0 Å². The molecule has 0 spiro atoms. The minimum absolute atomic E-state index is 0.111. The van der Waals surface area contributed by atoms with Crippen molar-refractivity contribution in [2.75, 3.05) is 31.6 Å². The highest BCUT2D eigenvalue weighted by atomic mass is 16.2. The van der Waals surface area contributed by atoms with Crippen molar-refractivity contribution in [2.45, 2.75) is 26.8 Å². The maximum absolute atomic E-state index is 12.5. The summed E-state index contributed by atoms with van der Waals surface area (Å²) in [6, 6.07) is 6.13. The van der Waals surface area contributed by atoms with E-state index in [1.54, 1.807) is 0 Å². The molecule has 0 saturated carbocycles. The normalized spacial score (nSPS) is 16.6. The number of rotatable bonds is 3. The van der Waals surface area contributed by atoms with Gasteiger partial charge in [-0.3, -0.25) is 15.5 Å². The number of benzene rings is 1. The fourth-order valence-corrected chi connectivity index (χ4v) is 2.58. The van der Waals surface area contributed by atoms with E-state index in [1.165, 1.54) is 0 Å². The zero-order valence-corrected chi connectivity index (χ0v) is 12.5. The molecule has 1 fully saturated rings. The summed E-state index contributed by atoms with van der Waals surface area (Å²) in [7, 11) is 0. The van der Waals surface area contributed by atoms with Gasteiger partial charge in [0.2, 0.25) is 0 Å². The number of amides is 1. The summed E-state index contributed by atoms with van der Waals surface area (Å²) in [4.78, 5) is 16.8. The molecule has 0 aliphatic carbocycles. The third kappa shape index (κ3) is 3.11. The highest BCUT2D eigenvalue weighted by molar-refractivity contribution is 5.95. The van der Waals surface area contributed by atoms with Crippen molar-refractivity contribution in [1.29, 1.82) is 0 Å². The van der Waals surface area contributed by atoms with Crippen LogP contribution in [0.3, 0.4) is 0 Å². The quantitative estimate of drug-likeness (QED) is 0.648. The van der Waals surface area contributed by atoms with E-state index in [9.17, 15) is 4.79 Å². The summed E-state index contributed by atoms with van der Waals surface area (Å²) >= 11 is 0. The number of carbonyl (C=O) groups excluding carboxylic acids is 1. The van der Waals surface area contributed by atoms with E-state index < -0.39 is 0 Å². The molecule has 1 aromatic rings. The third-order valence-electron chi connectivity index (χ3n) is 3.96. The lowest BCUT2D eigenvalue weighted by molar-refractivity contribution is 0.0595. The van der Waals surface area contributed by atoms with Crippen LogP contribution >= 0.6 is 0 Å². The molecular formula is C15H24N4O. The molecule has 110 valence electrons. The Morgan fingerprint density at radius 3 is 2.40 bits per heavy atom. The molecule has 5 heteroatoms. The number of carbonyl (C=O) groups is 1. The van der Waals surface area contributed by atoms with Crippen molar-refractivity contribution >= 4 is 11.6 Å². The Kier molecular flexibility index (Phi) is 4.62. The Bertz CT molecular complexity index is 479. The first kappa shape index (κ1) is 14.8. The van der Waals surface area contributed by atoms with Gasteiger partial charge in [0.15, 0.2) is 0 Å².